The van der Waals surface area contributed by atoms with Crippen LogP contribution < -0.4 is 24.4 Å². The third kappa shape index (κ3) is 5.50. The maximum absolute atomic E-state index is 14.1. The Morgan fingerprint density at radius 3 is 2.73 bits per heavy atom. The topological polar surface area (TPSA) is 79.1 Å². The number of esters is 1. The summed E-state index contributed by atoms with van der Waals surface area (Å²) in [5, 5.41) is 1.91. The summed E-state index contributed by atoms with van der Waals surface area (Å²) in [4.78, 5) is 32.7. The van der Waals surface area contributed by atoms with E-state index < -0.39 is 12.0 Å². The number of thiophene rings is 1. The van der Waals surface area contributed by atoms with E-state index in [1.807, 2.05) is 23.6 Å². The maximum Gasteiger partial charge on any atom is 0.338 e. The fraction of sp³-hybridized carbons (Fsp3) is 0.207. The van der Waals surface area contributed by atoms with Gasteiger partial charge in [-0.05, 0) is 77.7 Å². The van der Waals surface area contributed by atoms with Gasteiger partial charge in [0.2, 0.25) is 0 Å². The molecule has 7 nitrogen and oxygen atoms in total. The molecule has 0 fully saturated rings. The normalized spacial score (nSPS) is 15.0. The number of benzene rings is 2. The molecule has 0 spiro atoms. The Balaban J connectivity index is 1.56. The number of rotatable bonds is 8. The standard InChI is InChI=1S/C29H24FIN2O5S2/c1-4-37-28(35)24-16(2)32-29-33(25(24)22-10-7-11-39-22)27(34)23(40-29)14-17-12-20(31)26(21(13-17)36-3)38-15-18-8-5-6-9-19(18)30/h5-14,25H,4,15H2,1-3H3/b23-14-/t25-/m0/s1. The summed E-state index contributed by atoms with van der Waals surface area (Å²) in [6.45, 7) is 3.77. The van der Waals surface area contributed by atoms with E-state index in [4.69, 9.17) is 14.2 Å². The Morgan fingerprint density at radius 2 is 2.02 bits per heavy atom. The van der Waals surface area contributed by atoms with Crippen molar-refractivity contribution in [2.45, 2.75) is 26.5 Å². The highest BCUT2D eigenvalue weighted by atomic mass is 127. The zero-order valence-corrected chi connectivity index (χ0v) is 25.6. The lowest BCUT2D eigenvalue weighted by atomic mass is 10.0. The van der Waals surface area contributed by atoms with Gasteiger partial charge in [0.05, 0.1) is 33.1 Å². The van der Waals surface area contributed by atoms with E-state index in [1.54, 1.807) is 48.8 Å². The second-order valence-corrected chi connectivity index (χ2v) is 11.9. The van der Waals surface area contributed by atoms with Gasteiger partial charge in [0, 0.05) is 10.4 Å². The van der Waals surface area contributed by atoms with E-state index in [-0.39, 0.29) is 24.6 Å². The van der Waals surface area contributed by atoms with Crippen molar-refractivity contribution in [3.8, 4) is 11.5 Å². The van der Waals surface area contributed by atoms with Gasteiger partial charge < -0.3 is 14.2 Å². The second-order valence-electron chi connectivity index (χ2n) is 8.73. The molecular formula is C29H24FIN2O5S2. The number of methoxy groups -OCH3 is 1. The van der Waals surface area contributed by atoms with Crippen LogP contribution in [0.4, 0.5) is 4.39 Å². The van der Waals surface area contributed by atoms with Gasteiger partial charge in [0.25, 0.3) is 5.56 Å². The highest BCUT2D eigenvalue weighted by molar-refractivity contribution is 14.1. The third-order valence-corrected chi connectivity index (χ3v) is 8.92. The molecule has 0 bridgehead atoms. The van der Waals surface area contributed by atoms with Crippen LogP contribution in [-0.2, 0) is 16.1 Å². The molecule has 206 valence electrons. The lowest BCUT2D eigenvalue weighted by Crippen LogP contribution is -2.39. The van der Waals surface area contributed by atoms with Crippen LogP contribution in [0.2, 0.25) is 0 Å². The van der Waals surface area contributed by atoms with E-state index in [2.05, 4.69) is 27.6 Å². The van der Waals surface area contributed by atoms with Crippen LogP contribution in [-0.4, -0.2) is 24.3 Å². The van der Waals surface area contributed by atoms with Gasteiger partial charge in [0.1, 0.15) is 18.5 Å². The molecule has 0 saturated heterocycles. The van der Waals surface area contributed by atoms with Gasteiger partial charge in [-0.25, -0.2) is 14.2 Å². The Bertz CT molecular complexity index is 1790. The molecule has 5 rings (SSSR count). The van der Waals surface area contributed by atoms with Crippen LogP contribution in [0.5, 0.6) is 11.5 Å². The fourth-order valence-electron chi connectivity index (χ4n) is 4.39. The van der Waals surface area contributed by atoms with Gasteiger partial charge in [-0.1, -0.05) is 35.6 Å². The zero-order chi connectivity index (χ0) is 28.4. The number of aromatic nitrogens is 1. The number of nitrogens with zero attached hydrogens (tertiary/aromatic N) is 2. The van der Waals surface area contributed by atoms with Crippen molar-refractivity contribution in [1.82, 2.24) is 4.57 Å². The summed E-state index contributed by atoms with van der Waals surface area (Å²) >= 11 is 4.85. The number of halogens is 2. The van der Waals surface area contributed by atoms with E-state index in [0.717, 1.165) is 14.0 Å². The van der Waals surface area contributed by atoms with Crippen molar-refractivity contribution >= 4 is 57.3 Å². The van der Waals surface area contributed by atoms with Gasteiger partial charge in [-0.3, -0.25) is 9.36 Å². The second kappa shape index (κ2) is 12.1. The summed E-state index contributed by atoms with van der Waals surface area (Å²) in [6, 6.07) is 13.2. The van der Waals surface area contributed by atoms with Crippen molar-refractivity contribution < 1.29 is 23.4 Å². The minimum absolute atomic E-state index is 0.0435. The number of thiazole rings is 1. The molecule has 2 aromatic heterocycles. The highest BCUT2D eigenvalue weighted by Gasteiger charge is 2.33. The fourth-order valence-corrected chi connectivity index (χ4v) is 7.04. The Hall–Kier alpha value is -3.29. The molecule has 11 heteroatoms. The Morgan fingerprint density at radius 1 is 1.23 bits per heavy atom. The molecule has 40 heavy (non-hydrogen) atoms. The molecule has 3 heterocycles. The van der Waals surface area contributed by atoms with Crippen molar-refractivity contribution in [2.75, 3.05) is 13.7 Å². The molecule has 1 aliphatic heterocycles. The van der Waals surface area contributed by atoms with Crippen LogP contribution in [0.3, 0.4) is 0 Å². The number of fused-ring (bicyclic) bond motifs is 1. The maximum atomic E-state index is 14.1. The van der Waals surface area contributed by atoms with E-state index in [0.29, 0.717) is 37.7 Å². The quantitative estimate of drug-likeness (QED) is 0.188. The zero-order valence-electron chi connectivity index (χ0n) is 21.8. The molecule has 4 aromatic rings. The van der Waals surface area contributed by atoms with Crippen molar-refractivity contribution in [1.29, 1.82) is 0 Å². The first-order chi connectivity index (χ1) is 19.3. The molecule has 0 unspecified atom stereocenters. The minimum atomic E-state index is -0.624. The van der Waals surface area contributed by atoms with Gasteiger partial charge >= 0.3 is 5.97 Å². The number of carbonyl (C=O) groups is 1. The van der Waals surface area contributed by atoms with E-state index >= 15 is 0 Å². The number of carbonyl (C=O) groups excluding carboxylic acids is 1. The summed E-state index contributed by atoms with van der Waals surface area (Å²) < 4.78 is 33.7. The molecule has 0 N–H and O–H groups in total. The van der Waals surface area contributed by atoms with Crippen LogP contribution in [0.1, 0.15) is 35.9 Å². The van der Waals surface area contributed by atoms with E-state index in [1.165, 1.54) is 35.8 Å². The van der Waals surface area contributed by atoms with Gasteiger partial charge in [-0.15, -0.1) is 11.3 Å². The average molecular weight is 691 g/mol. The predicted octanol–water partition coefficient (Wildman–Crippen LogP) is 5.19. The van der Waals surface area contributed by atoms with Crippen LogP contribution in [0.25, 0.3) is 6.08 Å². The van der Waals surface area contributed by atoms with E-state index in [9.17, 15) is 14.0 Å². The molecular weight excluding hydrogens is 666 g/mol. The minimum Gasteiger partial charge on any atom is -0.493 e. The Kier molecular flexibility index (Phi) is 8.52. The first-order valence-electron chi connectivity index (χ1n) is 12.3. The monoisotopic (exact) mass is 690 g/mol. The number of ether oxygens (including phenoxy) is 3. The smallest absolute Gasteiger partial charge is 0.338 e. The average Bonchev–Trinajstić information content (AvgIpc) is 3.56. The first-order valence-corrected chi connectivity index (χ1v) is 15.1. The summed E-state index contributed by atoms with van der Waals surface area (Å²) in [7, 11) is 1.53. The predicted molar refractivity (Wildman–Crippen MR) is 161 cm³/mol. The van der Waals surface area contributed by atoms with Crippen molar-refractivity contribution in [3.63, 3.8) is 0 Å². The van der Waals surface area contributed by atoms with Crippen LogP contribution in [0, 0.1) is 9.39 Å². The lowest BCUT2D eigenvalue weighted by Gasteiger charge is -2.23. The van der Waals surface area contributed by atoms with Gasteiger partial charge in [0.15, 0.2) is 16.3 Å². The summed E-state index contributed by atoms with van der Waals surface area (Å²) in [6.07, 6.45) is 1.77. The number of allylic oxidation sites excluding steroid dienone is 1. The largest absolute Gasteiger partial charge is 0.493 e. The third-order valence-electron chi connectivity index (χ3n) is 6.21. The van der Waals surface area contributed by atoms with Crippen molar-refractivity contribution in [2.24, 2.45) is 4.99 Å². The molecule has 0 radical (unpaired) electrons. The number of hydrogen-bond donors (Lipinski definition) is 0. The SMILES string of the molecule is CCOC(=O)C1=C(C)N=c2s/c(=C\c3cc(I)c(OCc4ccccc4F)c(OC)c3)c(=O)n2[C@H]1c1cccs1. The molecule has 1 atom stereocenters. The molecule has 0 saturated carbocycles. The summed E-state index contributed by atoms with van der Waals surface area (Å²) in [5.74, 6) is 0.115. The molecule has 0 aliphatic carbocycles. The summed E-state index contributed by atoms with van der Waals surface area (Å²) in [5.41, 5.74) is 1.78. The molecule has 0 amide bonds. The lowest BCUT2D eigenvalue weighted by molar-refractivity contribution is -0.139. The van der Waals surface area contributed by atoms with Crippen LogP contribution >= 0.6 is 45.3 Å². The first kappa shape index (κ1) is 28.2. The molecule has 1 aliphatic rings. The Labute approximate surface area is 251 Å². The van der Waals surface area contributed by atoms with Gasteiger partial charge in [-0.2, -0.15) is 0 Å². The number of hydrogen-bond acceptors (Lipinski definition) is 8. The highest BCUT2D eigenvalue weighted by Crippen LogP contribution is 2.35. The molecule has 2 aromatic carbocycles. The van der Waals surface area contributed by atoms with Crippen molar-refractivity contribution in [3.05, 3.63) is 110 Å². The van der Waals surface area contributed by atoms with Crippen LogP contribution in [0.15, 0.2) is 75.0 Å².